The Kier molecular flexibility index (Phi) is 5.69. The lowest BCUT2D eigenvalue weighted by atomic mass is 10.2. The molecular formula is C20H22N2O3. The number of carbonyl (C=O) groups is 1. The summed E-state index contributed by atoms with van der Waals surface area (Å²) in [5, 5.41) is 13.2. The normalized spacial score (nSPS) is 10.8. The molecule has 5 heteroatoms. The SMILES string of the molecule is O=C(NCCc1cc2ccccc2o1)N(CCO)Cc1ccccc1. The first-order valence-corrected chi connectivity index (χ1v) is 8.41. The lowest BCUT2D eigenvalue weighted by Gasteiger charge is -2.22. The second-order valence-electron chi connectivity index (χ2n) is 5.86. The van der Waals surface area contributed by atoms with Crippen molar-refractivity contribution in [3.05, 3.63) is 72.0 Å². The van der Waals surface area contributed by atoms with Crippen LogP contribution in [0.1, 0.15) is 11.3 Å². The van der Waals surface area contributed by atoms with E-state index < -0.39 is 0 Å². The van der Waals surface area contributed by atoms with Gasteiger partial charge in [-0.2, -0.15) is 0 Å². The van der Waals surface area contributed by atoms with Crippen molar-refractivity contribution in [3.63, 3.8) is 0 Å². The number of urea groups is 1. The molecule has 2 N–H and O–H groups in total. The average molecular weight is 338 g/mol. The van der Waals surface area contributed by atoms with Crippen LogP contribution in [0.4, 0.5) is 4.79 Å². The van der Waals surface area contributed by atoms with E-state index in [1.54, 1.807) is 4.90 Å². The number of fused-ring (bicyclic) bond motifs is 1. The van der Waals surface area contributed by atoms with Crippen LogP contribution in [0.3, 0.4) is 0 Å². The summed E-state index contributed by atoms with van der Waals surface area (Å²) < 4.78 is 5.75. The van der Waals surface area contributed by atoms with Gasteiger partial charge in [-0.1, -0.05) is 48.5 Å². The van der Waals surface area contributed by atoms with Crippen molar-refractivity contribution >= 4 is 17.0 Å². The summed E-state index contributed by atoms with van der Waals surface area (Å²) in [7, 11) is 0. The number of nitrogens with one attached hydrogen (secondary N) is 1. The number of benzene rings is 2. The predicted molar refractivity (Wildman–Crippen MR) is 97.3 cm³/mol. The van der Waals surface area contributed by atoms with Crippen LogP contribution in [-0.2, 0) is 13.0 Å². The summed E-state index contributed by atoms with van der Waals surface area (Å²) in [6, 6.07) is 19.4. The van der Waals surface area contributed by atoms with Crippen LogP contribution >= 0.6 is 0 Å². The van der Waals surface area contributed by atoms with Crippen molar-refractivity contribution in [3.8, 4) is 0 Å². The summed E-state index contributed by atoms with van der Waals surface area (Å²) >= 11 is 0. The quantitative estimate of drug-likeness (QED) is 0.695. The molecule has 25 heavy (non-hydrogen) atoms. The van der Waals surface area contributed by atoms with E-state index in [9.17, 15) is 9.90 Å². The Hall–Kier alpha value is -2.79. The van der Waals surface area contributed by atoms with E-state index in [1.165, 1.54) is 0 Å². The van der Waals surface area contributed by atoms with Gasteiger partial charge in [0, 0.05) is 31.4 Å². The third-order valence-electron chi connectivity index (χ3n) is 4.00. The number of aliphatic hydroxyl groups is 1. The second-order valence-corrected chi connectivity index (χ2v) is 5.86. The van der Waals surface area contributed by atoms with E-state index in [0.29, 0.717) is 26.1 Å². The minimum atomic E-state index is -0.186. The van der Waals surface area contributed by atoms with E-state index in [1.807, 2.05) is 60.7 Å². The molecular weight excluding hydrogens is 316 g/mol. The molecule has 2 aromatic carbocycles. The van der Waals surface area contributed by atoms with E-state index in [-0.39, 0.29) is 12.6 Å². The van der Waals surface area contributed by atoms with Crippen LogP contribution in [-0.4, -0.2) is 35.7 Å². The number of nitrogens with zero attached hydrogens (tertiary/aromatic N) is 1. The van der Waals surface area contributed by atoms with E-state index in [0.717, 1.165) is 22.3 Å². The molecule has 130 valence electrons. The van der Waals surface area contributed by atoms with Crippen molar-refractivity contribution in [1.29, 1.82) is 0 Å². The summed E-state index contributed by atoms with van der Waals surface area (Å²) in [5.74, 6) is 0.846. The van der Waals surface area contributed by atoms with Crippen LogP contribution in [0.25, 0.3) is 11.0 Å². The van der Waals surface area contributed by atoms with Crippen molar-refractivity contribution in [1.82, 2.24) is 10.2 Å². The Bertz CT molecular complexity index is 781. The Balaban J connectivity index is 1.54. The van der Waals surface area contributed by atoms with E-state index in [4.69, 9.17) is 4.42 Å². The molecule has 0 saturated heterocycles. The van der Waals surface area contributed by atoms with Gasteiger partial charge in [0.25, 0.3) is 0 Å². The van der Waals surface area contributed by atoms with Crippen LogP contribution in [0.2, 0.25) is 0 Å². The highest BCUT2D eigenvalue weighted by Crippen LogP contribution is 2.18. The smallest absolute Gasteiger partial charge is 0.317 e. The fourth-order valence-corrected chi connectivity index (χ4v) is 2.74. The Morgan fingerprint density at radius 1 is 1.08 bits per heavy atom. The number of furan rings is 1. The van der Waals surface area contributed by atoms with E-state index >= 15 is 0 Å². The fourth-order valence-electron chi connectivity index (χ4n) is 2.74. The molecule has 0 radical (unpaired) electrons. The number of carbonyl (C=O) groups excluding carboxylic acids is 1. The third kappa shape index (κ3) is 4.61. The first-order valence-electron chi connectivity index (χ1n) is 8.41. The Morgan fingerprint density at radius 3 is 2.60 bits per heavy atom. The molecule has 3 aromatic rings. The topological polar surface area (TPSA) is 65.7 Å². The maximum Gasteiger partial charge on any atom is 0.317 e. The monoisotopic (exact) mass is 338 g/mol. The highest BCUT2D eigenvalue weighted by atomic mass is 16.3. The van der Waals surface area contributed by atoms with Gasteiger partial charge < -0.3 is 19.7 Å². The fraction of sp³-hybridized carbons (Fsp3) is 0.250. The molecule has 3 rings (SSSR count). The molecule has 0 atom stereocenters. The number of para-hydroxylation sites is 1. The highest BCUT2D eigenvalue weighted by Gasteiger charge is 2.13. The average Bonchev–Trinajstić information content (AvgIpc) is 3.05. The molecule has 1 heterocycles. The molecule has 0 aliphatic carbocycles. The molecule has 0 aliphatic heterocycles. The molecule has 2 amide bonds. The van der Waals surface area contributed by atoms with Crippen LogP contribution < -0.4 is 5.32 Å². The number of aliphatic hydroxyl groups excluding tert-OH is 1. The molecule has 5 nitrogen and oxygen atoms in total. The first-order chi connectivity index (χ1) is 12.3. The number of amides is 2. The molecule has 0 aliphatic rings. The number of hydrogen-bond acceptors (Lipinski definition) is 3. The first kappa shape index (κ1) is 17.0. The van der Waals surface area contributed by atoms with Gasteiger partial charge >= 0.3 is 6.03 Å². The highest BCUT2D eigenvalue weighted by molar-refractivity contribution is 5.77. The maximum atomic E-state index is 12.4. The van der Waals surface area contributed by atoms with Crippen molar-refractivity contribution in [2.45, 2.75) is 13.0 Å². The van der Waals surface area contributed by atoms with Gasteiger partial charge in [0.15, 0.2) is 0 Å². The summed E-state index contributed by atoms with van der Waals surface area (Å²) in [6.45, 7) is 1.18. The zero-order valence-corrected chi connectivity index (χ0v) is 14.0. The van der Waals surface area contributed by atoms with Crippen molar-refractivity contribution < 1.29 is 14.3 Å². The van der Waals surface area contributed by atoms with Gasteiger partial charge in [-0.25, -0.2) is 4.79 Å². The molecule has 0 saturated carbocycles. The predicted octanol–water partition coefficient (Wildman–Crippen LogP) is 3.18. The number of rotatable bonds is 7. The minimum Gasteiger partial charge on any atom is -0.461 e. The summed E-state index contributed by atoms with van der Waals surface area (Å²) in [5.41, 5.74) is 1.89. The Morgan fingerprint density at radius 2 is 1.84 bits per heavy atom. The van der Waals surface area contributed by atoms with Gasteiger partial charge in [0.1, 0.15) is 11.3 Å². The van der Waals surface area contributed by atoms with Gasteiger partial charge in [0.2, 0.25) is 0 Å². The van der Waals surface area contributed by atoms with Gasteiger partial charge in [-0.05, 0) is 17.7 Å². The third-order valence-corrected chi connectivity index (χ3v) is 4.00. The zero-order chi connectivity index (χ0) is 17.5. The van der Waals surface area contributed by atoms with Gasteiger partial charge in [-0.15, -0.1) is 0 Å². The van der Waals surface area contributed by atoms with Crippen LogP contribution in [0, 0.1) is 0 Å². The van der Waals surface area contributed by atoms with Gasteiger partial charge in [-0.3, -0.25) is 0 Å². The molecule has 0 bridgehead atoms. The van der Waals surface area contributed by atoms with Gasteiger partial charge in [0.05, 0.1) is 6.61 Å². The standard InChI is InChI=1S/C20H22N2O3/c23-13-12-22(15-16-6-2-1-3-7-16)20(24)21-11-10-18-14-17-8-4-5-9-19(17)25-18/h1-9,14,23H,10-13,15H2,(H,21,24). The molecule has 0 unspecified atom stereocenters. The summed E-state index contributed by atoms with van der Waals surface area (Å²) in [4.78, 5) is 14.0. The lowest BCUT2D eigenvalue weighted by molar-refractivity contribution is 0.174. The zero-order valence-electron chi connectivity index (χ0n) is 14.0. The van der Waals surface area contributed by atoms with Crippen molar-refractivity contribution in [2.75, 3.05) is 19.7 Å². The molecule has 0 fully saturated rings. The largest absolute Gasteiger partial charge is 0.461 e. The minimum absolute atomic E-state index is 0.0656. The van der Waals surface area contributed by atoms with Crippen molar-refractivity contribution in [2.24, 2.45) is 0 Å². The number of hydrogen-bond donors (Lipinski definition) is 2. The Labute approximate surface area is 146 Å². The van der Waals surface area contributed by atoms with E-state index in [2.05, 4.69) is 5.32 Å². The second kappa shape index (κ2) is 8.35. The molecule has 0 spiro atoms. The van der Waals surface area contributed by atoms with Crippen LogP contribution in [0.15, 0.2) is 65.1 Å². The summed E-state index contributed by atoms with van der Waals surface area (Å²) in [6.07, 6.45) is 0.624. The van der Waals surface area contributed by atoms with Crippen LogP contribution in [0.5, 0.6) is 0 Å². The lowest BCUT2D eigenvalue weighted by Crippen LogP contribution is -2.41. The molecule has 1 aromatic heterocycles. The maximum absolute atomic E-state index is 12.4.